The molecular weight excluding hydrogens is 276 g/mol. The molecule has 0 fully saturated rings. The van der Waals surface area contributed by atoms with Crippen LogP contribution in [0.25, 0.3) is 0 Å². The minimum atomic E-state index is 0.386. The number of hydrogen-bond donors (Lipinski definition) is 1. The van der Waals surface area contributed by atoms with Crippen LogP contribution in [0.3, 0.4) is 0 Å². The highest BCUT2D eigenvalue weighted by Crippen LogP contribution is 2.19. The maximum Gasteiger partial charge on any atom is 0.0897 e. The van der Waals surface area contributed by atoms with Gasteiger partial charge in [-0.2, -0.15) is 0 Å². The van der Waals surface area contributed by atoms with E-state index < -0.39 is 0 Å². The lowest BCUT2D eigenvalue weighted by Crippen LogP contribution is -2.23. The average molecular weight is 295 g/mol. The van der Waals surface area contributed by atoms with Crippen LogP contribution in [0.2, 0.25) is 5.02 Å². The number of rotatable bonds is 6. The molecule has 0 aliphatic rings. The van der Waals surface area contributed by atoms with E-state index in [1.165, 1.54) is 11.3 Å². The van der Waals surface area contributed by atoms with Crippen molar-refractivity contribution in [2.24, 2.45) is 0 Å². The van der Waals surface area contributed by atoms with Gasteiger partial charge in [0.1, 0.15) is 0 Å². The number of nitrogens with one attached hydrogen (secondary N) is 1. The number of thiazole rings is 1. The summed E-state index contributed by atoms with van der Waals surface area (Å²) >= 11 is 7.63. The Kier molecular flexibility index (Phi) is 5.37. The van der Waals surface area contributed by atoms with E-state index in [0.717, 1.165) is 29.4 Å². The molecule has 102 valence electrons. The van der Waals surface area contributed by atoms with Crippen LogP contribution in [0, 0.1) is 6.92 Å². The molecule has 4 heteroatoms. The predicted molar refractivity (Wildman–Crippen MR) is 83.0 cm³/mol. The second-order valence-corrected chi connectivity index (χ2v) is 6.07. The molecule has 1 atom stereocenters. The monoisotopic (exact) mass is 294 g/mol. The predicted octanol–water partition coefficient (Wildman–Crippen LogP) is 4.39. The minimum Gasteiger partial charge on any atom is -0.310 e. The lowest BCUT2D eigenvalue weighted by atomic mass is 10.0. The lowest BCUT2D eigenvalue weighted by molar-refractivity contribution is 0.521. The van der Waals surface area contributed by atoms with Crippen molar-refractivity contribution >= 4 is 22.9 Å². The molecule has 19 heavy (non-hydrogen) atoms. The van der Waals surface area contributed by atoms with Gasteiger partial charge >= 0.3 is 0 Å². The molecule has 0 bridgehead atoms. The van der Waals surface area contributed by atoms with Crippen LogP contribution in [0.1, 0.15) is 35.7 Å². The fraction of sp³-hybridized carbons (Fsp3) is 0.400. The third kappa shape index (κ3) is 4.30. The van der Waals surface area contributed by atoms with Crippen molar-refractivity contribution in [3.05, 3.63) is 50.9 Å². The van der Waals surface area contributed by atoms with Gasteiger partial charge in [-0.05, 0) is 31.0 Å². The summed E-state index contributed by atoms with van der Waals surface area (Å²) in [6.45, 7) is 5.19. The van der Waals surface area contributed by atoms with Gasteiger partial charge in [-0.3, -0.25) is 0 Å². The first-order valence-corrected chi connectivity index (χ1v) is 7.84. The molecule has 0 saturated carbocycles. The van der Waals surface area contributed by atoms with Gasteiger partial charge in [-0.1, -0.05) is 30.7 Å². The molecule has 0 aliphatic carbocycles. The summed E-state index contributed by atoms with van der Waals surface area (Å²) in [5.74, 6) is 0. The molecule has 1 aromatic heterocycles. The van der Waals surface area contributed by atoms with E-state index in [1.807, 2.05) is 19.1 Å². The summed E-state index contributed by atoms with van der Waals surface area (Å²) in [7, 11) is 0. The molecule has 1 N–H and O–H groups in total. The van der Waals surface area contributed by atoms with Crippen molar-refractivity contribution < 1.29 is 0 Å². The highest BCUT2D eigenvalue weighted by molar-refractivity contribution is 7.09. The van der Waals surface area contributed by atoms with Crippen LogP contribution in [0.5, 0.6) is 0 Å². The van der Waals surface area contributed by atoms with Gasteiger partial charge in [0.2, 0.25) is 0 Å². The van der Waals surface area contributed by atoms with Gasteiger partial charge in [0.05, 0.1) is 10.7 Å². The number of aryl methyl sites for hydroxylation is 1. The number of nitrogens with zero attached hydrogens (tertiary/aromatic N) is 1. The summed E-state index contributed by atoms with van der Waals surface area (Å²) in [5, 5.41) is 7.65. The summed E-state index contributed by atoms with van der Waals surface area (Å²) < 4.78 is 0. The van der Waals surface area contributed by atoms with Gasteiger partial charge in [-0.15, -0.1) is 11.3 Å². The Morgan fingerprint density at radius 1 is 1.32 bits per heavy atom. The average Bonchev–Trinajstić information content (AvgIpc) is 2.82. The van der Waals surface area contributed by atoms with E-state index in [1.54, 1.807) is 11.3 Å². The Morgan fingerprint density at radius 3 is 2.63 bits per heavy atom. The molecule has 0 radical (unpaired) electrons. The maximum absolute atomic E-state index is 5.92. The Morgan fingerprint density at radius 2 is 2.05 bits per heavy atom. The standard InChI is InChI=1S/C15H19ClN2S/c1-3-15(12-4-6-13(16)7-5-12)17-9-8-14-10-19-11(2)18-14/h4-7,10,15,17H,3,8-9H2,1-2H3. The quantitative estimate of drug-likeness (QED) is 0.855. The molecule has 1 unspecified atom stereocenters. The topological polar surface area (TPSA) is 24.9 Å². The zero-order valence-corrected chi connectivity index (χ0v) is 12.9. The van der Waals surface area contributed by atoms with Crippen molar-refractivity contribution in [3.63, 3.8) is 0 Å². The molecule has 0 aliphatic heterocycles. The Bertz CT molecular complexity index is 507. The van der Waals surface area contributed by atoms with Crippen molar-refractivity contribution in [3.8, 4) is 0 Å². The number of halogens is 1. The molecule has 1 aromatic carbocycles. The first kappa shape index (κ1) is 14.5. The third-order valence-corrected chi connectivity index (χ3v) is 4.19. The molecule has 1 heterocycles. The van der Waals surface area contributed by atoms with Gasteiger partial charge in [0.15, 0.2) is 0 Å². The van der Waals surface area contributed by atoms with Gasteiger partial charge < -0.3 is 5.32 Å². The normalized spacial score (nSPS) is 12.6. The summed E-state index contributed by atoms with van der Waals surface area (Å²) in [4.78, 5) is 4.48. The first-order chi connectivity index (χ1) is 9.19. The summed E-state index contributed by atoms with van der Waals surface area (Å²) in [6, 6.07) is 8.47. The van der Waals surface area contributed by atoms with Crippen molar-refractivity contribution in [2.75, 3.05) is 6.54 Å². The summed E-state index contributed by atoms with van der Waals surface area (Å²) in [5.41, 5.74) is 2.47. The molecule has 2 rings (SSSR count). The largest absolute Gasteiger partial charge is 0.310 e. The van der Waals surface area contributed by atoms with Crippen LogP contribution >= 0.6 is 22.9 Å². The Hall–Kier alpha value is -0.900. The van der Waals surface area contributed by atoms with Crippen LogP contribution in [0.4, 0.5) is 0 Å². The second kappa shape index (κ2) is 7.04. The smallest absolute Gasteiger partial charge is 0.0897 e. The zero-order chi connectivity index (χ0) is 13.7. The van der Waals surface area contributed by atoms with Crippen LogP contribution < -0.4 is 5.32 Å². The molecule has 0 spiro atoms. The minimum absolute atomic E-state index is 0.386. The molecule has 0 saturated heterocycles. The number of hydrogen-bond acceptors (Lipinski definition) is 3. The number of aromatic nitrogens is 1. The maximum atomic E-state index is 5.92. The molecular formula is C15H19ClN2S. The van der Waals surface area contributed by atoms with E-state index in [4.69, 9.17) is 11.6 Å². The fourth-order valence-corrected chi connectivity index (χ4v) is 2.86. The van der Waals surface area contributed by atoms with E-state index >= 15 is 0 Å². The molecule has 0 amide bonds. The number of benzene rings is 1. The van der Waals surface area contributed by atoms with E-state index in [0.29, 0.717) is 6.04 Å². The zero-order valence-electron chi connectivity index (χ0n) is 11.3. The van der Waals surface area contributed by atoms with Gasteiger partial charge in [0.25, 0.3) is 0 Å². The highest BCUT2D eigenvalue weighted by Gasteiger charge is 2.08. The van der Waals surface area contributed by atoms with Gasteiger partial charge in [-0.25, -0.2) is 4.98 Å². The van der Waals surface area contributed by atoms with Crippen molar-refractivity contribution in [2.45, 2.75) is 32.7 Å². The second-order valence-electron chi connectivity index (χ2n) is 4.57. The Balaban J connectivity index is 1.87. The van der Waals surface area contributed by atoms with E-state index in [-0.39, 0.29) is 0 Å². The summed E-state index contributed by atoms with van der Waals surface area (Å²) in [6.07, 6.45) is 2.05. The van der Waals surface area contributed by atoms with Crippen LogP contribution in [-0.4, -0.2) is 11.5 Å². The van der Waals surface area contributed by atoms with E-state index in [9.17, 15) is 0 Å². The fourth-order valence-electron chi connectivity index (χ4n) is 2.09. The lowest BCUT2D eigenvalue weighted by Gasteiger charge is -2.17. The van der Waals surface area contributed by atoms with Crippen LogP contribution in [-0.2, 0) is 6.42 Å². The van der Waals surface area contributed by atoms with Crippen molar-refractivity contribution in [1.29, 1.82) is 0 Å². The van der Waals surface area contributed by atoms with Gasteiger partial charge in [0, 0.05) is 29.4 Å². The highest BCUT2D eigenvalue weighted by atomic mass is 35.5. The Labute approximate surface area is 123 Å². The molecule has 2 nitrogen and oxygen atoms in total. The van der Waals surface area contributed by atoms with Crippen molar-refractivity contribution in [1.82, 2.24) is 10.3 Å². The van der Waals surface area contributed by atoms with Crippen LogP contribution in [0.15, 0.2) is 29.6 Å². The third-order valence-electron chi connectivity index (χ3n) is 3.12. The van der Waals surface area contributed by atoms with E-state index in [2.05, 4.69) is 34.7 Å². The first-order valence-electron chi connectivity index (χ1n) is 6.59. The molecule has 2 aromatic rings. The SMILES string of the molecule is CCC(NCCc1csc(C)n1)c1ccc(Cl)cc1.